The molecule has 2 N–H and O–H groups in total. The van der Waals surface area contributed by atoms with E-state index in [2.05, 4.69) is 44.3 Å². The normalized spacial score (nSPS) is 11.1. The van der Waals surface area contributed by atoms with Crippen LogP contribution in [0, 0.1) is 0 Å². The maximum Gasteiger partial charge on any atom is 0.0201 e. The van der Waals surface area contributed by atoms with Crippen molar-refractivity contribution in [3.63, 3.8) is 0 Å². The van der Waals surface area contributed by atoms with Crippen molar-refractivity contribution >= 4 is 0 Å². The Hall–Kier alpha value is -1.50. The van der Waals surface area contributed by atoms with Gasteiger partial charge in [-0.2, -0.15) is 0 Å². The molecule has 0 fully saturated rings. The van der Waals surface area contributed by atoms with Crippen molar-refractivity contribution < 1.29 is 0 Å². The summed E-state index contributed by atoms with van der Waals surface area (Å²) in [6, 6.07) is 8.48. The maximum absolute atomic E-state index is 5.68. The highest BCUT2D eigenvalue weighted by Crippen LogP contribution is 2.20. The summed E-state index contributed by atoms with van der Waals surface area (Å²) >= 11 is 0. The van der Waals surface area contributed by atoms with Crippen LogP contribution in [-0.2, 0) is 6.42 Å². The van der Waals surface area contributed by atoms with E-state index in [-0.39, 0.29) is 5.92 Å². The highest BCUT2D eigenvalue weighted by Gasteiger charge is 2.05. The third-order valence-corrected chi connectivity index (χ3v) is 2.54. The van der Waals surface area contributed by atoms with Gasteiger partial charge in [0.25, 0.3) is 0 Å². The van der Waals surface area contributed by atoms with Crippen molar-refractivity contribution in [1.82, 2.24) is 0 Å². The number of benzene rings is 1. The van der Waals surface area contributed by atoms with Crippen LogP contribution in [0.15, 0.2) is 48.7 Å². The Bertz CT molecular complexity index is 360. The summed E-state index contributed by atoms with van der Waals surface area (Å²) in [4.78, 5) is 0. The number of nitrogens with two attached hydrogens (primary N) is 1. The lowest BCUT2D eigenvalue weighted by molar-refractivity contribution is 0.881. The standard InChI is InChI=1S/C14H19N.C2H6/c1-10(2)9-13-5-7-14(8-6-13)11(3)12(4)15;1-2/h5-8,11H,1,4,9,15H2,2-3H3;1-2H3. The van der Waals surface area contributed by atoms with E-state index in [1.54, 1.807) is 0 Å². The lowest BCUT2D eigenvalue weighted by Crippen LogP contribution is -2.05. The Labute approximate surface area is 106 Å². The van der Waals surface area contributed by atoms with Gasteiger partial charge in [0.2, 0.25) is 0 Å². The first-order chi connectivity index (χ1) is 8.00. The van der Waals surface area contributed by atoms with E-state index in [1.807, 2.05) is 20.8 Å². The molecule has 1 aromatic rings. The van der Waals surface area contributed by atoms with Crippen LogP contribution in [0.2, 0.25) is 0 Å². The Morgan fingerprint density at radius 1 is 1.18 bits per heavy atom. The minimum absolute atomic E-state index is 0.226. The summed E-state index contributed by atoms with van der Waals surface area (Å²) in [5.74, 6) is 0.226. The fraction of sp³-hybridized carbons (Fsp3) is 0.375. The summed E-state index contributed by atoms with van der Waals surface area (Å²) in [7, 11) is 0. The summed E-state index contributed by atoms with van der Waals surface area (Å²) in [5, 5.41) is 0. The molecule has 0 spiro atoms. The van der Waals surface area contributed by atoms with Crippen LogP contribution >= 0.6 is 0 Å². The van der Waals surface area contributed by atoms with Crippen molar-refractivity contribution in [2.24, 2.45) is 5.73 Å². The molecule has 0 radical (unpaired) electrons. The van der Waals surface area contributed by atoms with Crippen molar-refractivity contribution in [3.05, 3.63) is 59.8 Å². The summed E-state index contributed by atoms with van der Waals surface area (Å²) in [6.07, 6.45) is 0.943. The summed E-state index contributed by atoms with van der Waals surface area (Å²) < 4.78 is 0. The van der Waals surface area contributed by atoms with Crippen LogP contribution < -0.4 is 5.73 Å². The Kier molecular flexibility index (Phi) is 7.04. The van der Waals surface area contributed by atoms with Gasteiger partial charge in [0.15, 0.2) is 0 Å². The molecule has 1 rings (SSSR count). The molecule has 1 nitrogen and oxygen atoms in total. The van der Waals surface area contributed by atoms with E-state index in [0.29, 0.717) is 5.70 Å². The third-order valence-electron chi connectivity index (χ3n) is 2.54. The van der Waals surface area contributed by atoms with Crippen LogP contribution in [-0.4, -0.2) is 0 Å². The van der Waals surface area contributed by atoms with Crippen molar-refractivity contribution in [2.75, 3.05) is 0 Å². The van der Waals surface area contributed by atoms with Gasteiger partial charge in [0.1, 0.15) is 0 Å². The highest BCUT2D eigenvalue weighted by molar-refractivity contribution is 5.30. The van der Waals surface area contributed by atoms with E-state index in [9.17, 15) is 0 Å². The topological polar surface area (TPSA) is 26.0 Å². The maximum atomic E-state index is 5.68. The number of allylic oxidation sites excluding steroid dienone is 2. The molecule has 17 heavy (non-hydrogen) atoms. The average molecular weight is 231 g/mol. The van der Waals surface area contributed by atoms with Gasteiger partial charge in [-0.05, 0) is 24.5 Å². The first-order valence-corrected chi connectivity index (χ1v) is 6.18. The second-order valence-electron chi connectivity index (χ2n) is 4.17. The summed E-state index contributed by atoms with van der Waals surface area (Å²) in [6.45, 7) is 15.8. The molecule has 0 bridgehead atoms. The van der Waals surface area contributed by atoms with Gasteiger partial charge in [-0.1, -0.05) is 63.8 Å². The predicted molar refractivity (Wildman–Crippen MR) is 78.1 cm³/mol. The number of hydrogen-bond donors (Lipinski definition) is 1. The molecule has 0 aliphatic heterocycles. The zero-order valence-corrected chi connectivity index (χ0v) is 11.6. The van der Waals surface area contributed by atoms with Gasteiger partial charge in [-0.15, -0.1) is 0 Å². The van der Waals surface area contributed by atoms with Gasteiger partial charge >= 0.3 is 0 Å². The smallest absolute Gasteiger partial charge is 0.0201 e. The van der Waals surface area contributed by atoms with Gasteiger partial charge in [0, 0.05) is 11.6 Å². The fourth-order valence-corrected chi connectivity index (χ4v) is 1.49. The van der Waals surface area contributed by atoms with Crippen LogP contribution in [0.5, 0.6) is 0 Å². The number of rotatable bonds is 4. The second kappa shape index (κ2) is 7.72. The third kappa shape index (κ3) is 5.39. The van der Waals surface area contributed by atoms with E-state index in [1.165, 1.54) is 16.7 Å². The lowest BCUT2D eigenvalue weighted by Gasteiger charge is -2.11. The van der Waals surface area contributed by atoms with Gasteiger partial charge in [0.05, 0.1) is 0 Å². The monoisotopic (exact) mass is 231 g/mol. The molecular formula is C16H25N. The molecule has 0 amide bonds. The van der Waals surface area contributed by atoms with Gasteiger partial charge < -0.3 is 5.73 Å². The van der Waals surface area contributed by atoms with Crippen molar-refractivity contribution in [3.8, 4) is 0 Å². The molecule has 0 aliphatic carbocycles. The lowest BCUT2D eigenvalue weighted by atomic mass is 9.96. The minimum Gasteiger partial charge on any atom is -0.402 e. The first kappa shape index (κ1) is 15.5. The predicted octanol–water partition coefficient (Wildman–Crippen LogP) is 4.41. The second-order valence-corrected chi connectivity index (χ2v) is 4.17. The van der Waals surface area contributed by atoms with Crippen LogP contribution in [0.4, 0.5) is 0 Å². The molecule has 1 aromatic carbocycles. The molecule has 0 aromatic heterocycles. The molecule has 0 saturated heterocycles. The van der Waals surface area contributed by atoms with Crippen LogP contribution in [0.25, 0.3) is 0 Å². The van der Waals surface area contributed by atoms with Crippen LogP contribution in [0.1, 0.15) is 44.7 Å². The zero-order valence-electron chi connectivity index (χ0n) is 11.6. The SMILES string of the molecule is C=C(C)Cc1ccc(C(C)C(=C)N)cc1.CC. The van der Waals surface area contributed by atoms with Gasteiger partial charge in [-0.25, -0.2) is 0 Å². The quantitative estimate of drug-likeness (QED) is 0.763. The first-order valence-electron chi connectivity index (χ1n) is 6.18. The average Bonchev–Trinajstić information content (AvgIpc) is 2.31. The molecule has 0 heterocycles. The molecule has 0 saturated carbocycles. The Morgan fingerprint density at radius 3 is 2.00 bits per heavy atom. The zero-order chi connectivity index (χ0) is 13.4. The van der Waals surface area contributed by atoms with Crippen molar-refractivity contribution in [1.29, 1.82) is 0 Å². The molecule has 1 heteroatoms. The number of hydrogen-bond acceptors (Lipinski definition) is 1. The molecule has 94 valence electrons. The Balaban J connectivity index is 0.00000121. The van der Waals surface area contributed by atoms with Crippen molar-refractivity contribution in [2.45, 2.75) is 40.0 Å². The highest BCUT2D eigenvalue weighted by atomic mass is 14.6. The molecule has 1 unspecified atom stereocenters. The van der Waals surface area contributed by atoms with Gasteiger partial charge in [-0.3, -0.25) is 0 Å². The van der Waals surface area contributed by atoms with E-state index in [4.69, 9.17) is 5.73 Å². The Morgan fingerprint density at radius 2 is 1.65 bits per heavy atom. The largest absolute Gasteiger partial charge is 0.402 e. The van der Waals surface area contributed by atoms with E-state index in [0.717, 1.165) is 6.42 Å². The molecule has 0 aliphatic rings. The minimum atomic E-state index is 0.226. The van der Waals surface area contributed by atoms with E-state index >= 15 is 0 Å². The summed E-state index contributed by atoms with van der Waals surface area (Å²) in [5.41, 5.74) is 10.1. The van der Waals surface area contributed by atoms with E-state index < -0.39 is 0 Å². The fourth-order valence-electron chi connectivity index (χ4n) is 1.49. The molecular weight excluding hydrogens is 206 g/mol. The molecule has 1 atom stereocenters. The van der Waals surface area contributed by atoms with Crippen LogP contribution in [0.3, 0.4) is 0 Å².